The summed E-state index contributed by atoms with van der Waals surface area (Å²) in [6, 6.07) is 13.5. The van der Waals surface area contributed by atoms with Crippen LogP contribution in [-0.4, -0.2) is 32.6 Å². The van der Waals surface area contributed by atoms with E-state index in [4.69, 9.17) is 0 Å². The number of rotatable bonds is 6. The first-order valence-electron chi connectivity index (χ1n) is 10.4. The number of nitrogens with zero attached hydrogens (tertiary/aromatic N) is 1. The van der Waals surface area contributed by atoms with E-state index in [0.29, 0.717) is 13.0 Å². The minimum Gasteiger partial charge on any atom is -0.387 e. The molecule has 1 aliphatic rings. The van der Waals surface area contributed by atoms with Crippen LogP contribution in [-0.2, 0) is 17.8 Å². The van der Waals surface area contributed by atoms with Crippen LogP contribution in [0.25, 0.3) is 11.0 Å². The Kier molecular flexibility index (Phi) is 5.74. The Labute approximate surface area is 175 Å². The van der Waals surface area contributed by atoms with Crippen molar-refractivity contribution >= 4 is 22.6 Å². The number of hydrogen-bond acceptors (Lipinski definition) is 4. The van der Waals surface area contributed by atoms with E-state index in [9.17, 15) is 14.7 Å². The molecular weight excluding hydrogens is 380 g/mol. The highest BCUT2D eigenvalue weighted by molar-refractivity contribution is 5.89. The van der Waals surface area contributed by atoms with Crippen molar-refractivity contribution in [1.82, 2.24) is 14.9 Å². The highest BCUT2D eigenvalue weighted by Crippen LogP contribution is 2.30. The summed E-state index contributed by atoms with van der Waals surface area (Å²) in [4.78, 5) is 26.6. The van der Waals surface area contributed by atoms with Crippen molar-refractivity contribution in [2.24, 2.45) is 0 Å². The third-order valence-electron chi connectivity index (χ3n) is 5.86. The summed E-state index contributed by atoms with van der Waals surface area (Å²) in [6.07, 6.45) is 1.64. The zero-order chi connectivity index (χ0) is 21.3. The lowest BCUT2D eigenvalue weighted by Gasteiger charge is -2.27. The minimum absolute atomic E-state index is 0.0803. The van der Waals surface area contributed by atoms with E-state index in [1.54, 1.807) is 4.57 Å². The summed E-state index contributed by atoms with van der Waals surface area (Å²) in [5.74, 6) is -0.0803. The van der Waals surface area contributed by atoms with Crippen LogP contribution in [0.15, 0.2) is 47.3 Å². The molecule has 0 bridgehead atoms. The molecule has 30 heavy (non-hydrogen) atoms. The molecule has 4 rings (SSSR count). The van der Waals surface area contributed by atoms with E-state index in [1.807, 2.05) is 42.5 Å². The number of aliphatic hydroxyl groups is 1. The number of H-pyrrole nitrogens is 1. The number of aryl methyl sites for hydroxylation is 2. The average Bonchev–Trinajstić information content (AvgIpc) is 2.96. The Morgan fingerprint density at radius 3 is 2.87 bits per heavy atom. The standard InChI is InChI=1S/C23H28N4O3/c1-14(10-11-16-6-3-4-8-18(16)25-15(2)28)24-20-12-13-27-21-17(22(20)29)7-5-9-19(21)26-23(27)30/h3-9,14,20,22,24,29H,10-13H2,1-2H3,(H,25,28)(H,26,30). The summed E-state index contributed by atoms with van der Waals surface area (Å²) >= 11 is 0. The van der Waals surface area contributed by atoms with Gasteiger partial charge < -0.3 is 20.7 Å². The number of aromatic amines is 1. The molecule has 0 aliphatic carbocycles. The Morgan fingerprint density at radius 2 is 2.07 bits per heavy atom. The molecule has 3 aromatic rings. The Morgan fingerprint density at radius 1 is 1.27 bits per heavy atom. The molecule has 1 aromatic heterocycles. The lowest BCUT2D eigenvalue weighted by atomic mass is 9.98. The summed E-state index contributed by atoms with van der Waals surface area (Å²) in [7, 11) is 0. The van der Waals surface area contributed by atoms with Crippen molar-refractivity contribution in [1.29, 1.82) is 0 Å². The van der Waals surface area contributed by atoms with Crippen LogP contribution in [0.5, 0.6) is 0 Å². The van der Waals surface area contributed by atoms with Gasteiger partial charge in [-0.2, -0.15) is 0 Å². The van der Waals surface area contributed by atoms with Gasteiger partial charge in [0.2, 0.25) is 5.91 Å². The number of carbonyl (C=O) groups is 1. The van der Waals surface area contributed by atoms with Crippen LogP contribution in [0.2, 0.25) is 0 Å². The van der Waals surface area contributed by atoms with Gasteiger partial charge in [-0.15, -0.1) is 0 Å². The monoisotopic (exact) mass is 408 g/mol. The molecule has 158 valence electrons. The summed E-state index contributed by atoms with van der Waals surface area (Å²) in [5, 5.41) is 17.5. The average molecular weight is 409 g/mol. The number of para-hydroxylation sites is 2. The van der Waals surface area contributed by atoms with Crippen molar-refractivity contribution < 1.29 is 9.90 Å². The number of benzene rings is 2. The van der Waals surface area contributed by atoms with Crippen molar-refractivity contribution in [2.75, 3.05) is 5.32 Å². The Balaban J connectivity index is 1.45. The van der Waals surface area contributed by atoms with Crippen molar-refractivity contribution in [3.05, 3.63) is 64.1 Å². The number of amides is 1. The molecule has 2 heterocycles. The highest BCUT2D eigenvalue weighted by Gasteiger charge is 2.29. The van der Waals surface area contributed by atoms with Gasteiger partial charge in [0.05, 0.1) is 17.1 Å². The van der Waals surface area contributed by atoms with Crippen LogP contribution in [0.3, 0.4) is 0 Å². The van der Waals surface area contributed by atoms with E-state index in [2.05, 4.69) is 22.5 Å². The van der Waals surface area contributed by atoms with Crippen LogP contribution < -0.4 is 16.3 Å². The van der Waals surface area contributed by atoms with Gasteiger partial charge in [0.15, 0.2) is 0 Å². The zero-order valence-electron chi connectivity index (χ0n) is 17.3. The second-order valence-electron chi connectivity index (χ2n) is 8.11. The van der Waals surface area contributed by atoms with E-state index in [1.165, 1.54) is 6.92 Å². The third kappa shape index (κ3) is 4.04. The molecule has 3 atom stereocenters. The van der Waals surface area contributed by atoms with Gasteiger partial charge in [-0.25, -0.2) is 4.79 Å². The number of nitrogens with one attached hydrogen (secondary N) is 3. The fraction of sp³-hybridized carbons (Fsp3) is 0.391. The van der Waals surface area contributed by atoms with Crippen LogP contribution in [0, 0.1) is 0 Å². The van der Waals surface area contributed by atoms with Crippen LogP contribution >= 0.6 is 0 Å². The molecule has 0 fully saturated rings. The van der Waals surface area contributed by atoms with Crippen LogP contribution in [0.4, 0.5) is 5.69 Å². The van der Waals surface area contributed by atoms with Crippen molar-refractivity contribution in [2.45, 2.75) is 57.8 Å². The maximum Gasteiger partial charge on any atom is 0.326 e. The smallest absolute Gasteiger partial charge is 0.326 e. The van der Waals surface area contributed by atoms with E-state index in [0.717, 1.165) is 40.7 Å². The molecule has 4 N–H and O–H groups in total. The molecule has 1 amide bonds. The van der Waals surface area contributed by atoms with Gasteiger partial charge in [0, 0.05) is 36.8 Å². The summed E-state index contributed by atoms with van der Waals surface area (Å²) < 4.78 is 1.73. The fourth-order valence-corrected chi connectivity index (χ4v) is 4.39. The van der Waals surface area contributed by atoms with E-state index in [-0.39, 0.29) is 23.7 Å². The predicted molar refractivity (Wildman–Crippen MR) is 118 cm³/mol. The number of aromatic nitrogens is 2. The van der Waals surface area contributed by atoms with Gasteiger partial charge in [-0.05, 0) is 43.9 Å². The zero-order valence-corrected chi connectivity index (χ0v) is 17.3. The molecule has 0 saturated carbocycles. The molecule has 0 saturated heterocycles. The van der Waals surface area contributed by atoms with Crippen LogP contribution in [0.1, 0.15) is 43.9 Å². The largest absolute Gasteiger partial charge is 0.387 e. The SMILES string of the molecule is CC(=O)Nc1ccccc1CCC(C)NC1CCn2c(=O)[nH]c3cccc(c32)C1O. The number of aliphatic hydroxyl groups excluding tert-OH is 1. The molecule has 7 heteroatoms. The van der Waals surface area contributed by atoms with Crippen molar-refractivity contribution in [3.8, 4) is 0 Å². The first-order valence-corrected chi connectivity index (χ1v) is 10.4. The maximum absolute atomic E-state index is 12.3. The van der Waals surface area contributed by atoms with E-state index < -0.39 is 6.10 Å². The predicted octanol–water partition coefficient (Wildman–Crippen LogP) is 2.70. The van der Waals surface area contributed by atoms with Crippen molar-refractivity contribution in [3.63, 3.8) is 0 Å². The molecule has 0 radical (unpaired) electrons. The van der Waals surface area contributed by atoms with Gasteiger partial charge in [-0.1, -0.05) is 30.3 Å². The minimum atomic E-state index is -0.688. The maximum atomic E-state index is 12.3. The normalized spacial score (nSPS) is 19.4. The number of anilines is 1. The molecule has 7 nitrogen and oxygen atoms in total. The molecule has 0 spiro atoms. The molecule has 1 aliphatic heterocycles. The van der Waals surface area contributed by atoms with Gasteiger partial charge >= 0.3 is 5.69 Å². The quantitative estimate of drug-likeness (QED) is 0.504. The third-order valence-corrected chi connectivity index (χ3v) is 5.86. The highest BCUT2D eigenvalue weighted by atomic mass is 16.3. The fourth-order valence-electron chi connectivity index (χ4n) is 4.39. The van der Waals surface area contributed by atoms with Gasteiger partial charge in [0.25, 0.3) is 0 Å². The first-order chi connectivity index (χ1) is 14.4. The number of carbonyl (C=O) groups excluding carboxylic acids is 1. The summed E-state index contributed by atoms with van der Waals surface area (Å²) in [5.41, 5.74) is 4.15. The molecule has 3 unspecified atom stereocenters. The lowest BCUT2D eigenvalue weighted by Crippen LogP contribution is -2.41. The molecular formula is C23H28N4O3. The number of hydrogen-bond donors (Lipinski definition) is 4. The second-order valence-corrected chi connectivity index (χ2v) is 8.11. The second kappa shape index (κ2) is 8.45. The lowest BCUT2D eigenvalue weighted by molar-refractivity contribution is -0.114. The van der Waals surface area contributed by atoms with Gasteiger partial charge in [0.1, 0.15) is 0 Å². The first kappa shape index (κ1) is 20.4. The van der Waals surface area contributed by atoms with Gasteiger partial charge in [-0.3, -0.25) is 9.36 Å². The van der Waals surface area contributed by atoms with E-state index >= 15 is 0 Å². The summed E-state index contributed by atoms with van der Waals surface area (Å²) in [6.45, 7) is 4.17. The molecule has 2 aromatic carbocycles. The topological polar surface area (TPSA) is 99.2 Å². The number of imidazole rings is 1. The Hall–Kier alpha value is -2.90. The Bertz CT molecular complexity index is 1120.